The standard InChI is InChI=1S/C25H24N2O6/c1-2-13-25(15-12-19-9-5-3-6-10-19)14-8-4-7-11-23(25)33-24(28)20-16-21(26(29)30)18-22(17-20)27(31)32/h2-3,5-6,9-10,16-18,23H,1,4,7-8,11,13-14H2/t23-,25-/m1/s1. The number of nitro benzene ring substituents is 2. The van der Waals surface area contributed by atoms with Crippen LogP contribution < -0.4 is 0 Å². The van der Waals surface area contributed by atoms with Crippen LogP contribution in [-0.2, 0) is 4.74 Å². The second-order valence-electron chi connectivity index (χ2n) is 8.01. The Hall–Kier alpha value is -3.99. The highest BCUT2D eigenvalue weighted by molar-refractivity contribution is 5.91. The van der Waals surface area contributed by atoms with Crippen molar-refractivity contribution in [2.45, 2.75) is 44.6 Å². The molecule has 0 aromatic heterocycles. The maximum absolute atomic E-state index is 13.0. The normalized spacial score (nSPS) is 19.9. The van der Waals surface area contributed by atoms with Crippen molar-refractivity contribution in [3.63, 3.8) is 0 Å². The number of nitro groups is 2. The third kappa shape index (κ3) is 5.83. The number of non-ortho nitro benzene ring substituents is 2. The van der Waals surface area contributed by atoms with Gasteiger partial charge in [-0.25, -0.2) is 4.79 Å². The molecular formula is C25H24N2O6. The van der Waals surface area contributed by atoms with Crippen molar-refractivity contribution in [1.29, 1.82) is 0 Å². The summed E-state index contributed by atoms with van der Waals surface area (Å²) < 4.78 is 5.85. The molecule has 2 aromatic rings. The Morgan fingerprint density at radius 2 is 1.76 bits per heavy atom. The number of benzene rings is 2. The zero-order valence-electron chi connectivity index (χ0n) is 18.1. The first-order valence-electron chi connectivity index (χ1n) is 10.7. The summed E-state index contributed by atoms with van der Waals surface area (Å²) in [4.78, 5) is 33.8. The minimum absolute atomic E-state index is 0.233. The van der Waals surface area contributed by atoms with E-state index in [4.69, 9.17) is 4.74 Å². The van der Waals surface area contributed by atoms with E-state index in [0.717, 1.165) is 43.0 Å². The van der Waals surface area contributed by atoms with Crippen molar-refractivity contribution in [3.8, 4) is 11.8 Å². The highest BCUT2D eigenvalue weighted by atomic mass is 16.6. The second kappa shape index (κ2) is 10.6. The Morgan fingerprint density at radius 3 is 2.36 bits per heavy atom. The smallest absolute Gasteiger partial charge is 0.338 e. The first-order valence-corrected chi connectivity index (χ1v) is 10.7. The van der Waals surface area contributed by atoms with Crippen molar-refractivity contribution in [1.82, 2.24) is 0 Å². The Balaban J connectivity index is 1.97. The van der Waals surface area contributed by atoms with Crippen molar-refractivity contribution >= 4 is 17.3 Å². The van der Waals surface area contributed by atoms with Gasteiger partial charge in [0.1, 0.15) is 6.10 Å². The van der Waals surface area contributed by atoms with E-state index in [-0.39, 0.29) is 5.56 Å². The van der Waals surface area contributed by atoms with Gasteiger partial charge >= 0.3 is 5.97 Å². The minimum atomic E-state index is -0.844. The highest BCUT2D eigenvalue weighted by Crippen LogP contribution is 2.41. The number of rotatable bonds is 6. The van der Waals surface area contributed by atoms with E-state index in [1.807, 2.05) is 30.3 Å². The lowest BCUT2D eigenvalue weighted by atomic mass is 9.75. The summed E-state index contributed by atoms with van der Waals surface area (Å²) in [7, 11) is 0. The van der Waals surface area contributed by atoms with Gasteiger partial charge in [0, 0.05) is 17.7 Å². The number of carbonyl (C=O) groups is 1. The average molecular weight is 448 g/mol. The molecule has 0 amide bonds. The van der Waals surface area contributed by atoms with Crippen LogP contribution in [0.1, 0.15) is 54.4 Å². The van der Waals surface area contributed by atoms with Crippen LogP contribution in [0.5, 0.6) is 0 Å². The molecule has 1 saturated carbocycles. The van der Waals surface area contributed by atoms with E-state index >= 15 is 0 Å². The first-order chi connectivity index (χ1) is 15.8. The predicted molar refractivity (Wildman–Crippen MR) is 123 cm³/mol. The number of ether oxygens (including phenoxy) is 1. The molecule has 0 spiro atoms. The van der Waals surface area contributed by atoms with Gasteiger partial charge in [0.05, 0.1) is 26.9 Å². The molecule has 0 heterocycles. The molecule has 2 atom stereocenters. The van der Waals surface area contributed by atoms with Crippen molar-refractivity contribution in [2.75, 3.05) is 0 Å². The molecule has 0 unspecified atom stereocenters. The van der Waals surface area contributed by atoms with Gasteiger partial charge in [-0.05, 0) is 37.8 Å². The van der Waals surface area contributed by atoms with Crippen LogP contribution in [0.2, 0.25) is 0 Å². The molecule has 170 valence electrons. The topological polar surface area (TPSA) is 113 Å². The fraction of sp³-hybridized carbons (Fsp3) is 0.320. The van der Waals surface area contributed by atoms with Gasteiger partial charge in [-0.1, -0.05) is 49.0 Å². The lowest BCUT2D eigenvalue weighted by Gasteiger charge is -2.34. The fourth-order valence-corrected chi connectivity index (χ4v) is 4.08. The van der Waals surface area contributed by atoms with Crippen LogP contribution in [0.25, 0.3) is 0 Å². The van der Waals surface area contributed by atoms with Gasteiger partial charge in [0.15, 0.2) is 0 Å². The Labute approximate surface area is 191 Å². The summed E-state index contributed by atoms with van der Waals surface area (Å²) in [5.41, 5.74) is -1.15. The Morgan fingerprint density at radius 1 is 1.09 bits per heavy atom. The van der Waals surface area contributed by atoms with Gasteiger partial charge in [0.25, 0.3) is 11.4 Å². The zero-order valence-corrected chi connectivity index (χ0v) is 18.1. The molecule has 1 fully saturated rings. The van der Waals surface area contributed by atoms with E-state index in [9.17, 15) is 25.0 Å². The van der Waals surface area contributed by atoms with Gasteiger partial charge in [-0.2, -0.15) is 0 Å². The molecule has 1 aliphatic rings. The van der Waals surface area contributed by atoms with Gasteiger partial charge in [0.2, 0.25) is 0 Å². The van der Waals surface area contributed by atoms with E-state index < -0.39 is 38.7 Å². The molecule has 33 heavy (non-hydrogen) atoms. The maximum Gasteiger partial charge on any atom is 0.338 e. The molecule has 0 N–H and O–H groups in total. The highest BCUT2D eigenvalue weighted by Gasteiger charge is 2.40. The molecular weight excluding hydrogens is 424 g/mol. The monoisotopic (exact) mass is 448 g/mol. The summed E-state index contributed by atoms with van der Waals surface area (Å²) in [6, 6.07) is 12.3. The molecule has 0 saturated heterocycles. The predicted octanol–water partition coefficient (Wildman–Crippen LogP) is 5.61. The van der Waals surface area contributed by atoms with E-state index in [2.05, 4.69) is 18.4 Å². The van der Waals surface area contributed by atoms with Crippen molar-refractivity contribution in [2.24, 2.45) is 5.41 Å². The van der Waals surface area contributed by atoms with E-state index in [1.165, 1.54) is 0 Å². The molecule has 2 aromatic carbocycles. The number of hydrogen-bond acceptors (Lipinski definition) is 6. The van der Waals surface area contributed by atoms with Crippen LogP contribution in [0, 0.1) is 37.5 Å². The molecule has 0 radical (unpaired) electrons. The second-order valence-corrected chi connectivity index (χ2v) is 8.01. The third-order valence-corrected chi connectivity index (χ3v) is 5.75. The van der Waals surface area contributed by atoms with Gasteiger partial charge in [-0.3, -0.25) is 20.2 Å². The quantitative estimate of drug-likeness (QED) is 0.142. The number of carbonyl (C=O) groups excluding carboxylic acids is 1. The van der Waals surface area contributed by atoms with E-state index in [1.54, 1.807) is 6.08 Å². The minimum Gasteiger partial charge on any atom is -0.457 e. The molecule has 1 aliphatic carbocycles. The summed E-state index contributed by atoms with van der Waals surface area (Å²) in [5, 5.41) is 22.4. The molecule has 0 aliphatic heterocycles. The third-order valence-electron chi connectivity index (χ3n) is 5.75. The SMILES string of the molecule is C=CC[C@]1(C#Cc2ccccc2)CCCCC[C@H]1OC(=O)c1cc([N+](=O)[O-])cc([N+](=O)[O-])c1. The van der Waals surface area contributed by atoms with Crippen molar-refractivity contribution in [3.05, 3.63) is 92.5 Å². The van der Waals surface area contributed by atoms with Crippen LogP contribution in [0.4, 0.5) is 11.4 Å². The summed E-state index contributed by atoms with van der Waals surface area (Å²) in [5.74, 6) is 5.69. The van der Waals surface area contributed by atoms with Crippen LogP contribution >= 0.6 is 0 Å². The lowest BCUT2D eigenvalue weighted by Crippen LogP contribution is -2.37. The van der Waals surface area contributed by atoms with Gasteiger partial charge in [-0.15, -0.1) is 6.58 Å². The summed E-state index contributed by atoms with van der Waals surface area (Å²) in [6.07, 6.45) is 5.64. The van der Waals surface area contributed by atoms with Crippen LogP contribution in [-0.4, -0.2) is 21.9 Å². The number of nitrogens with zero attached hydrogens (tertiary/aromatic N) is 2. The largest absolute Gasteiger partial charge is 0.457 e. The zero-order chi connectivity index (χ0) is 23.8. The number of hydrogen-bond donors (Lipinski definition) is 0. The van der Waals surface area contributed by atoms with Crippen LogP contribution in [0.15, 0.2) is 61.2 Å². The Kier molecular flexibility index (Phi) is 7.57. The molecule has 8 nitrogen and oxygen atoms in total. The fourth-order valence-electron chi connectivity index (χ4n) is 4.08. The van der Waals surface area contributed by atoms with Crippen molar-refractivity contribution < 1.29 is 19.4 Å². The lowest BCUT2D eigenvalue weighted by molar-refractivity contribution is -0.394. The summed E-state index contributed by atoms with van der Waals surface area (Å²) in [6.45, 7) is 3.86. The Bertz CT molecular complexity index is 1090. The van der Waals surface area contributed by atoms with Gasteiger partial charge < -0.3 is 4.74 Å². The molecule has 8 heteroatoms. The summed E-state index contributed by atoms with van der Waals surface area (Å²) >= 11 is 0. The average Bonchev–Trinajstić information content (AvgIpc) is 3.00. The first kappa shape index (κ1) is 23.7. The maximum atomic E-state index is 13.0. The number of esters is 1. The molecule has 0 bridgehead atoms. The molecule has 3 rings (SSSR count). The number of allylic oxidation sites excluding steroid dienone is 1. The van der Waals surface area contributed by atoms with E-state index in [0.29, 0.717) is 19.3 Å². The van der Waals surface area contributed by atoms with Crippen LogP contribution in [0.3, 0.4) is 0 Å².